The predicted octanol–water partition coefficient (Wildman–Crippen LogP) is 0.106. The highest BCUT2D eigenvalue weighted by Crippen LogP contribution is 2.14. The van der Waals surface area contributed by atoms with E-state index < -0.39 is 27.4 Å². The van der Waals surface area contributed by atoms with Crippen molar-refractivity contribution in [2.75, 3.05) is 14.2 Å². The average molecular weight is 264 g/mol. The quantitative estimate of drug-likeness (QED) is 0.330. The highest BCUT2D eigenvalue weighted by atomic mass is 28.2. The van der Waals surface area contributed by atoms with Gasteiger partial charge in [-0.1, -0.05) is 12.5 Å². The molecule has 0 aromatic rings. The molecule has 0 aliphatic heterocycles. The molecule has 0 aromatic heterocycles. The minimum atomic E-state index is -1.07. The number of hydrogen-bond donors (Lipinski definition) is 2. The molecular formula is C10H20O6Si. The summed E-state index contributed by atoms with van der Waals surface area (Å²) in [5.74, 6) is -3.03. The normalized spacial score (nSPS) is 13.4. The van der Waals surface area contributed by atoms with Gasteiger partial charge < -0.3 is 19.7 Å². The molecule has 0 spiro atoms. The molecule has 0 bridgehead atoms. The van der Waals surface area contributed by atoms with E-state index in [2.05, 4.69) is 0 Å². The van der Waals surface area contributed by atoms with Gasteiger partial charge in [0.15, 0.2) is 0 Å². The Bertz CT molecular complexity index is 241. The van der Waals surface area contributed by atoms with Crippen LogP contribution in [0.3, 0.4) is 0 Å². The zero-order valence-corrected chi connectivity index (χ0v) is 11.6. The summed E-state index contributed by atoms with van der Waals surface area (Å²) in [6.07, 6.45) is 0.795. The number of carboxylic acids is 2. The van der Waals surface area contributed by atoms with Crippen molar-refractivity contribution in [1.29, 1.82) is 0 Å². The summed E-state index contributed by atoms with van der Waals surface area (Å²) in [6, 6.07) is 0.885. The third-order valence-electron chi connectivity index (χ3n) is 2.54. The fraction of sp³-hybridized carbons (Fsp3) is 0.800. The van der Waals surface area contributed by atoms with Gasteiger partial charge in [0.25, 0.3) is 0 Å². The van der Waals surface area contributed by atoms with E-state index in [1.165, 1.54) is 0 Å². The maximum atomic E-state index is 10.8. The summed E-state index contributed by atoms with van der Waals surface area (Å²) in [6.45, 7) is 0. The van der Waals surface area contributed by atoms with Gasteiger partial charge in [0.05, 0.1) is 21.9 Å². The van der Waals surface area contributed by atoms with E-state index in [1.807, 2.05) is 0 Å². The molecule has 2 N–H and O–H groups in total. The Kier molecular flexibility index (Phi) is 8.65. The van der Waals surface area contributed by atoms with Gasteiger partial charge in [0, 0.05) is 14.2 Å². The van der Waals surface area contributed by atoms with Crippen LogP contribution >= 0.6 is 0 Å². The molecule has 0 heterocycles. The molecule has 1 atom stereocenters. The van der Waals surface area contributed by atoms with Crippen molar-refractivity contribution in [2.45, 2.75) is 31.2 Å². The van der Waals surface area contributed by atoms with Gasteiger partial charge in [-0.15, -0.1) is 0 Å². The van der Waals surface area contributed by atoms with E-state index in [9.17, 15) is 9.59 Å². The number of rotatable bonds is 10. The summed E-state index contributed by atoms with van der Waals surface area (Å²) in [5.41, 5.74) is 0. The molecule has 100 valence electrons. The van der Waals surface area contributed by atoms with Crippen LogP contribution in [-0.4, -0.2) is 51.8 Å². The SMILES string of the molecule is COC(OC)[SiH2]CCCC(CC(=O)O)C(=O)O. The molecule has 0 aromatic carbocycles. The van der Waals surface area contributed by atoms with Crippen molar-refractivity contribution in [1.82, 2.24) is 0 Å². The zero-order valence-electron chi connectivity index (χ0n) is 10.2. The van der Waals surface area contributed by atoms with Gasteiger partial charge in [-0.2, -0.15) is 0 Å². The molecule has 0 saturated carbocycles. The van der Waals surface area contributed by atoms with Crippen LogP contribution in [0.4, 0.5) is 0 Å². The molecule has 0 amide bonds. The summed E-state index contributed by atoms with van der Waals surface area (Å²) < 4.78 is 10.1. The van der Waals surface area contributed by atoms with Gasteiger partial charge >= 0.3 is 11.9 Å². The maximum absolute atomic E-state index is 10.8. The monoisotopic (exact) mass is 264 g/mol. The highest BCUT2D eigenvalue weighted by Gasteiger charge is 2.20. The third-order valence-corrected chi connectivity index (χ3v) is 4.58. The summed E-state index contributed by atoms with van der Waals surface area (Å²) in [5, 5.41) is 17.4. The molecule has 0 rings (SSSR count). The number of hydrogen-bond acceptors (Lipinski definition) is 4. The molecule has 7 heteroatoms. The van der Waals surface area contributed by atoms with Crippen molar-refractivity contribution in [2.24, 2.45) is 5.92 Å². The van der Waals surface area contributed by atoms with Crippen LogP contribution in [0, 0.1) is 5.92 Å². The van der Waals surface area contributed by atoms with E-state index in [4.69, 9.17) is 19.7 Å². The molecule has 0 radical (unpaired) electrons. The molecule has 17 heavy (non-hydrogen) atoms. The van der Waals surface area contributed by atoms with Gasteiger partial charge in [0.1, 0.15) is 5.91 Å². The fourth-order valence-electron chi connectivity index (χ4n) is 1.56. The first kappa shape index (κ1) is 16.1. The Morgan fingerprint density at radius 3 is 2.24 bits per heavy atom. The molecule has 6 nitrogen and oxygen atoms in total. The van der Waals surface area contributed by atoms with Gasteiger partial charge in [-0.3, -0.25) is 9.59 Å². The molecular weight excluding hydrogens is 244 g/mol. The van der Waals surface area contributed by atoms with Gasteiger partial charge in [-0.05, 0) is 6.42 Å². The Morgan fingerprint density at radius 1 is 1.24 bits per heavy atom. The summed E-state index contributed by atoms with van der Waals surface area (Å²) in [4.78, 5) is 21.2. The van der Waals surface area contributed by atoms with E-state index in [-0.39, 0.29) is 12.3 Å². The van der Waals surface area contributed by atoms with E-state index in [1.54, 1.807) is 14.2 Å². The van der Waals surface area contributed by atoms with Crippen molar-refractivity contribution >= 4 is 21.5 Å². The third kappa shape index (κ3) is 7.89. The van der Waals surface area contributed by atoms with Crippen LogP contribution in [-0.2, 0) is 19.1 Å². The van der Waals surface area contributed by atoms with Crippen LogP contribution in [0.2, 0.25) is 6.04 Å². The number of ether oxygens (including phenoxy) is 2. The lowest BCUT2D eigenvalue weighted by Crippen LogP contribution is -2.22. The Morgan fingerprint density at radius 2 is 1.82 bits per heavy atom. The lowest BCUT2D eigenvalue weighted by molar-refractivity contribution is -0.148. The van der Waals surface area contributed by atoms with Crippen molar-refractivity contribution in [3.63, 3.8) is 0 Å². The Balaban J connectivity index is 3.82. The van der Waals surface area contributed by atoms with Crippen LogP contribution < -0.4 is 0 Å². The minimum absolute atomic E-state index is 0.141. The van der Waals surface area contributed by atoms with Gasteiger partial charge in [0.2, 0.25) is 0 Å². The molecule has 0 fully saturated rings. The number of aliphatic carboxylic acids is 2. The molecule has 0 aliphatic rings. The lowest BCUT2D eigenvalue weighted by atomic mass is 10.0. The van der Waals surface area contributed by atoms with Crippen molar-refractivity contribution < 1.29 is 29.3 Å². The first-order valence-corrected chi connectivity index (χ1v) is 7.33. The standard InChI is InChI=1S/C10H20O6Si/c1-15-10(16-2)17-5-3-4-7(9(13)14)6-8(11)12/h7,10H,3-6,17H2,1-2H3,(H,11,12)(H,13,14). The minimum Gasteiger partial charge on any atom is -0.481 e. The van der Waals surface area contributed by atoms with Crippen molar-refractivity contribution in [3.8, 4) is 0 Å². The number of carboxylic acid groups (broad SMARTS) is 2. The number of methoxy groups -OCH3 is 2. The summed E-state index contributed by atoms with van der Waals surface area (Å²) >= 11 is 0. The topological polar surface area (TPSA) is 93.1 Å². The highest BCUT2D eigenvalue weighted by molar-refractivity contribution is 6.36. The second-order valence-corrected chi connectivity index (χ2v) is 5.77. The average Bonchev–Trinajstić information content (AvgIpc) is 2.27. The van der Waals surface area contributed by atoms with Crippen LogP contribution in [0.1, 0.15) is 19.3 Å². The van der Waals surface area contributed by atoms with E-state index in [0.717, 1.165) is 6.04 Å². The Labute approximate surface area is 103 Å². The first-order valence-electron chi connectivity index (χ1n) is 5.51. The second-order valence-electron chi connectivity index (χ2n) is 3.82. The smallest absolute Gasteiger partial charge is 0.307 e. The molecule has 1 unspecified atom stereocenters. The molecule has 0 saturated heterocycles. The van der Waals surface area contributed by atoms with Gasteiger partial charge in [-0.25, -0.2) is 0 Å². The lowest BCUT2D eigenvalue weighted by Gasteiger charge is -2.13. The van der Waals surface area contributed by atoms with E-state index >= 15 is 0 Å². The fourth-order valence-corrected chi connectivity index (χ4v) is 2.94. The maximum Gasteiger partial charge on any atom is 0.307 e. The van der Waals surface area contributed by atoms with E-state index in [0.29, 0.717) is 12.8 Å². The predicted molar refractivity (Wildman–Crippen MR) is 63.8 cm³/mol. The second kappa shape index (κ2) is 9.14. The van der Waals surface area contributed by atoms with Crippen LogP contribution in [0.15, 0.2) is 0 Å². The summed E-state index contributed by atoms with van der Waals surface area (Å²) in [7, 11) is 2.60. The molecule has 0 aliphatic carbocycles. The van der Waals surface area contributed by atoms with Crippen LogP contribution in [0.5, 0.6) is 0 Å². The zero-order chi connectivity index (χ0) is 13.3. The first-order chi connectivity index (χ1) is 8.01. The van der Waals surface area contributed by atoms with Crippen LogP contribution in [0.25, 0.3) is 0 Å². The largest absolute Gasteiger partial charge is 0.481 e. The van der Waals surface area contributed by atoms with Crippen molar-refractivity contribution in [3.05, 3.63) is 0 Å². The number of carbonyl (C=O) groups is 2. The Hall–Kier alpha value is -0.923.